The van der Waals surface area contributed by atoms with Crippen molar-refractivity contribution in [3.05, 3.63) is 34.9 Å². The predicted octanol–water partition coefficient (Wildman–Crippen LogP) is 2.59. The van der Waals surface area contributed by atoms with Gasteiger partial charge in [-0.2, -0.15) is 0 Å². The van der Waals surface area contributed by atoms with Crippen molar-refractivity contribution in [2.24, 2.45) is 0 Å². The number of benzene rings is 1. The van der Waals surface area contributed by atoms with Gasteiger partial charge in [-0.15, -0.1) is 0 Å². The average Bonchev–Trinajstić information content (AvgIpc) is 3.18. The van der Waals surface area contributed by atoms with E-state index in [1.807, 2.05) is 18.2 Å². The van der Waals surface area contributed by atoms with Crippen molar-refractivity contribution in [2.75, 3.05) is 6.54 Å². The standard InChI is InChI=1S/C15H19ClN2O/c16-13-4-2-1-3-12(13)15(8-9-15)18-11-5-6-14(19)17-10-7-11/h1-4,11,18H,5-10H2,(H,17,19)/t11-/m1/s1. The first-order chi connectivity index (χ1) is 9.20. The van der Waals surface area contributed by atoms with Gasteiger partial charge in [-0.25, -0.2) is 0 Å². The van der Waals surface area contributed by atoms with Gasteiger partial charge in [0.1, 0.15) is 0 Å². The van der Waals surface area contributed by atoms with Crippen LogP contribution in [0.2, 0.25) is 5.02 Å². The lowest BCUT2D eigenvalue weighted by molar-refractivity contribution is -0.120. The van der Waals surface area contributed by atoms with E-state index < -0.39 is 0 Å². The highest BCUT2D eigenvalue weighted by atomic mass is 35.5. The van der Waals surface area contributed by atoms with Gasteiger partial charge < -0.3 is 10.6 Å². The van der Waals surface area contributed by atoms with Crippen molar-refractivity contribution < 1.29 is 4.79 Å². The van der Waals surface area contributed by atoms with Crippen molar-refractivity contribution >= 4 is 17.5 Å². The number of halogens is 1. The molecule has 1 saturated heterocycles. The predicted molar refractivity (Wildman–Crippen MR) is 76.1 cm³/mol. The van der Waals surface area contributed by atoms with Crippen molar-refractivity contribution in [2.45, 2.75) is 43.7 Å². The lowest BCUT2D eigenvalue weighted by Crippen LogP contribution is -2.39. The molecule has 2 N–H and O–H groups in total. The van der Waals surface area contributed by atoms with Gasteiger partial charge in [0.15, 0.2) is 0 Å². The van der Waals surface area contributed by atoms with Crippen LogP contribution in [0.3, 0.4) is 0 Å². The van der Waals surface area contributed by atoms with Crippen LogP contribution < -0.4 is 10.6 Å². The zero-order chi connectivity index (χ0) is 13.3. The summed E-state index contributed by atoms with van der Waals surface area (Å²) in [5, 5.41) is 7.52. The molecule has 1 aromatic carbocycles. The molecule has 1 aromatic rings. The van der Waals surface area contributed by atoms with Gasteiger partial charge in [-0.05, 0) is 37.3 Å². The minimum Gasteiger partial charge on any atom is -0.356 e. The Balaban J connectivity index is 1.72. The van der Waals surface area contributed by atoms with Crippen molar-refractivity contribution in [1.29, 1.82) is 0 Å². The van der Waals surface area contributed by atoms with E-state index in [2.05, 4.69) is 16.7 Å². The Morgan fingerprint density at radius 1 is 1.26 bits per heavy atom. The molecule has 2 fully saturated rings. The van der Waals surface area contributed by atoms with E-state index in [4.69, 9.17) is 11.6 Å². The van der Waals surface area contributed by atoms with Crippen LogP contribution in [-0.4, -0.2) is 18.5 Å². The molecule has 0 spiro atoms. The molecule has 1 aliphatic heterocycles. The summed E-state index contributed by atoms with van der Waals surface area (Å²) >= 11 is 6.32. The van der Waals surface area contributed by atoms with Crippen LogP contribution in [0.5, 0.6) is 0 Å². The van der Waals surface area contributed by atoms with Crippen LogP contribution in [0.1, 0.15) is 37.7 Å². The third kappa shape index (κ3) is 2.77. The summed E-state index contributed by atoms with van der Waals surface area (Å²) in [6.07, 6.45) is 4.80. The van der Waals surface area contributed by atoms with E-state index in [1.54, 1.807) is 0 Å². The highest BCUT2D eigenvalue weighted by Crippen LogP contribution is 2.48. The first-order valence-corrected chi connectivity index (χ1v) is 7.37. The van der Waals surface area contributed by atoms with Crippen molar-refractivity contribution in [3.63, 3.8) is 0 Å². The fraction of sp³-hybridized carbons (Fsp3) is 0.533. The van der Waals surface area contributed by atoms with Crippen LogP contribution in [-0.2, 0) is 10.3 Å². The normalized spacial score (nSPS) is 25.5. The fourth-order valence-electron chi connectivity index (χ4n) is 2.92. The molecule has 1 atom stereocenters. The summed E-state index contributed by atoms with van der Waals surface area (Å²) in [5.41, 5.74) is 1.26. The first kappa shape index (κ1) is 12.9. The Kier molecular flexibility index (Phi) is 3.50. The maximum absolute atomic E-state index is 11.4. The van der Waals surface area contributed by atoms with E-state index in [1.165, 1.54) is 5.56 Å². The van der Waals surface area contributed by atoms with Gasteiger partial charge in [0.05, 0.1) is 0 Å². The minimum absolute atomic E-state index is 0.0520. The van der Waals surface area contributed by atoms with Crippen molar-refractivity contribution in [3.8, 4) is 0 Å². The second kappa shape index (κ2) is 5.14. The molecule has 19 heavy (non-hydrogen) atoms. The average molecular weight is 279 g/mol. The summed E-state index contributed by atoms with van der Waals surface area (Å²) in [7, 11) is 0. The largest absolute Gasteiger partial charge is 0.356 e. The second-order valence-electron chi connectivity index (χ2n) is 5.58. The lowest BCUT2D eigenvalue weighted by Gasteiger charge is -2.25. The molecule has 1 saturated carbocycles. The quantitative estimate of drug-likeness (QED) is 0.892. The van der Waals surface area contributed by atoms with E-state index in [0.29, 0.717) is 12.5 Å². The topological polar surface area (TPSA) is 41.1 Å². The van der Waals surface area contributed by atoms with Crippen LogP contribution in [0, 0.1) is 0 Å². The van der Waals surface area contributed by atoms with E-state index >= 15 is 0 Å². The number of carbonyl (C=O) groups is 1. The monoisotopic (exact) mass is 278 g/mol. The Bertz CT molecular complexity index is 485. The molecule has 0 unspecified atom stereocenters. The molecular formula is C15H19ClN2O. The summed E-state index contributed by atoms with van der Waals surface area (Å²) in [5.74, 6) is 0.173. The molecule has 0 aromatic heterocycles. The molecule has 1 heterocycles. The molecule has 0 radical (unpaired) electrons. The molecule has 102 valence electrons. The highest BCUT2D eigenvalue weighted by Gasteiger charge is 2.46. The third-order valence-electron chi connectivity index (χ3n) is 4.15. The number of rotatable bonds is 3. The molecule has 4 heteroatoms. The van der Waals surface area contributed by atoms with Crippen LogP contribution in [0.4, 0.5) is 0 Å². The van der Waals surface area contributed by atoms with Gasteiger partial charge >= 0.3 is 0 Å². The SMILES string of the molecule is O=C1CC[C@@H](NC2(c3ccccc3Cl)CC2)CCN1. The first-order valence-electron chi connectivity index (χ1n) is 6.99. The van der Waals surface area contributed by atoms with E-state index in [0.717, 1.165) is 37.3 Å². The summed E-state index contributed by atoms with van der Waals surface area (Å²) in [6, 6.07) is 8.48. The Labute approximate surface area is 118 Å². The van der Waals surface area contributed by atoms with Crippen LogP contribution >= 0.6 is 11.6 Å². The van der Waals surface area contributed by atoms with Crippen LogP contribution in [0.15, 0.2) is 24.3 Å². The molecule has 3 rings (SSSR count). The molecule has 0 bridgehead atoms. The number of hydrogen-bond donors (Lipinski definition) is 2. The molecule has 1 aliphatic carbocycles. The smallest absolute Gasteiger partial charge is 0.220 e. The number of hydrogen-bond acceptors (Lipinski definition) is 2. The van der Waals surface area contributed by atoms with Gasteiger partial charge in [-0.1, -0.05) is 29.8 Å². The highest BCUT2D eigenvalue weighted by molar-refractivity contribution is 6.31. The van der Waals surface area contributed by atoms with E-state index in [9.17, 15) is 4.79 Å². The van der Waals surface area contributed by atoms with E-state index in [-0.39, 0.29) is 11.4 Å². The minimum atomic E-state index is 0.0520. The molecular weight excluding hydrogens is 260 g/mol. The Hall–Kier alpha value is -1.06. The zero-order valence-electron chi connectivity index (χ0n) is 10.9. The Morgan fingerprint density at radius 3 is 2.79 bits per heavy atom. The maximum Gasteiger partial charge on any atom is 0.220 e. The second-order valence-corrected chi connectivity index (χ2v) is 5.99. The van der Waals surface area contributed by atoms with Crippen LogP contribution in [0.25, 0.3) is 0 Å². The summed E-state index contributed by atoms with van der Waals surface area (Å²) < 4.78 is 0. The molecule has 2 aliphatic rings. The van der Waals surface area contributed by atoms with Gasteiger partial charge in [0.2, 0.25) is 5.91 Å². The molecule has 1 amide bonds. The third-order valence-corrected chi connectivity index (χ3v) is 4.48. The summed E-state index contributed by atoms with van der Waals surface area (Å²) in [4.78, 5) is 11.4. The molecule has 3 nitrogen and oxygen atoms in total. The number of nitrogens with one attached hydrogen (secondary N) is 2. The maximum atomic E-state index is 11.4. The van der Waals surface area contributed by atoms with Crippen molar-refractivity contribution in [1.82, 2.24) is 10.6 Å². The zero-order valence-corrected chi connectivity index (χ0v) is 11.7. The Morgan fingerprint density at radius 2 is 2.05 bits per heavy atom. The fourth-order valence-corrected chi connectivity index (χ4v) is 3.24. The summed E-state index contributed by atoms with van der Waals surface area (Å²) in [6.45, 7) is 0.773. The van der Waals surface area contributed by atoms with Gasteiger partial charge in [0, 0.05) is 29.6 Å². The van der Waals surface area contributed by atoms with Gasteiger partial charge in [0.25, 0.3) is 0 Å². The number of amides is 1. The lowest BCUT2D eigenvalue weighted by atomic mass is 10.0. The number of carbonyl (C=O) groups excluding carboxylic acids is 1. The van der Waals surface area contributed by atoms with Gasteiger partial charge in [-0.3, -0.25) is 4.79 Å².